The number of anilines is 2. The molecular weight excluding hydrogens is 456 g/mol. The summed E-state index contributed by atoms with van der Waals surface area (Å²) in [4.78, 5) is 32.3. The summed E-state index contributed by atoms with van der Waals surface area (Å²) >= 11 is 6.27. The van der Waals surface area contributed by atoms with Crippen LogP contribution in [-0.4, -0.2) is 45.1 Å². The van der Waals surface area contributed by atoms with Crippen molar-refractivity contribution in [3.63, 3.8) is 0 Å². The third kappa shape index (κ3) is 4.67. The zero-order chi connectivity index (χ0) is 24.2. The lowest BCUT2D eigenvalue weighted by atomic mass is 10.0. The van der Waals surface area contributed by atoms with Gasteiger partial charge in [-0.2, -0.15) is 0 Å². The summed E-state index contributed by atoms with van der Waals surface area (Å²) in [6, 6.07) is 19.0. The molecule has 3 amide bonds. The lowest BCUT2D eigenvalue weighted by Gasteiger charge is -2.21. The van der Waals surface area contributed by atoms with Gasteiger partial charge in [-0.25, -0.2) is 9.79 Å². The maximum absolute atomic E-state index is 13.3. The van der Waals surface area contributed by atoms with Crippen LogP contribution in [0, 0.1) is 0 Å². The highest BCUT2D eigenvalue weighted by Crippen LogP contribution is 2.31. The Bertz CT molecular complexity index is 1260. The lowest BCUT2D eigenvalue weighted by Crippen LogP contribution is -2.47. The van der Waals surface area contributed by atoms with Crippen molar-refractivity contribution in [3.05, 3.63) is 82.9 Å². The third-order valence-electron chi connectivity index (χ3n) is 5.37. The smallest absolute Gasteiger partial charge is 0.321 e. The van der Waals surface area contributed by atoms with Gasteiger partial charge in [-0.3, -0.25) is 4.79 Å². The summed E-state index contributed by atoms with van der Waals surface area (Å²) in [5.41, 5.74) is 3.04. The van der Waals surface area contributed by atoms with Crippen LogP contribution >= 0.6 is 11.6 Å². The van der Waals surface area contributed by atoms with Crippen LogP contribution in [0.2, 0.25) is 5.02 Å². The Kier molecular flexibility index (Phi) is 6.70. The van der Waals surface area contributed by atoms with Crippen LogP contribution in [0.5, 0.6) is 11.5 Å². The molecule has 0 aromatic heterocycles. The van der Waals surface area contributed by atoms with Gasteiger partial charge in [0, 0.05) is 29.3 Å². The number of hydrogen-bond acceptors (Lipinski definition) is 5. The molecule has 9 heteroatoms. The number of aliphatic imine (C=N–C) groups is 1. The fourth-order valence-electron chi connectivity index (χ4n) is 3.66. The molecule has 174 valence electrons. The molecule has 1 aliphatic heterocycles. The average molecular weight is 479 g/mol. The maximum Gasteiger partial charge on any atom is 0.321 e. The molecule has 1 heterocycles. The van der Waals surface area contributed by atoms with E-state index in [0.717, 1.165) is 5.56 Å². The van der Waals surface area contributed by atoms with Crippen LogP contribution in [0.25, 0.3) is 0 Å². The number of carbonyl (C=O) groups is 2. The number of methoxy groups -OCH3 is 2. The van der Waals surface area contributed by atoms with Gasteiger partial charge in [-0.05, 0) is 30.3 Å². The largest absolute Gasteiger partial charge is 0.497 e. The van der Waals surface area contributed by atoms with Gasteiger partial charge >= 0.3 is 6.03 Å². The molecule has 0 spiro atoms. The number of benzene rings is 3. The first-order valence-corrected chi connectivity index (χ1v) is 10.8. The molecule has 0 aliphatic carbocycles. The maximum atomic E-state index is 13.3. The second-order valence-corrected chi connectivity index (χ2v) is 7.91. The van der Waals surface area contributed by atoms with Crippen molar-refractivity contribution in [1.82, 2.24) is 5.32 Å². The predicted molar refractivity (Wildman–Crippen MR) is 132 cm³/mol. The molecule has 1 atom stereocenters. The van der Waals surface area contributed by atoms with Crippen molar-refractivity contribution in [3.8, 4) is 11.5 Å². The second-order valence-electron chi connectivity index (χ2n) is 7.47. The number of benzodiazepines with no additional fused rings is 1. The molecule has 1 unspecified atom stereocenters. The van der Waals surface area contributed by atoms with E-state index in [0.29, 0.717) is 39.2 Å². The summed E-state index contributed by atoms with van der Waals surface area (Å²) in [5, 5.41) is 5.89. The highest BCUT2D eigenvalue weighted by atomic mass is 35.5. The third-order valence-corrected chi connectivity index (χ3v) is 5.60. The van der Waals surface area contributed by atoms with Crippen molar-refractivity contribution in [2.24, 2.45) is 4.99 Å². The second kappa shape index (κ2) is 9.84. The summed E-state index contributed by atoms with van der Waals surface area (Å²) in [6.07, 6.45) is -1.18. The van der Waals surface area contributed by atoms with E-state index in [4.69, 9.17) is 21.1 Å². The van der Waals surface area contributed by atoms with Gasteiger partial charge in [0.25, 0.3) is 5.91 Å². The van der Waals surface area contributed by atoms with Crippen molar-refractivity contribution < 1.29 is 19.1 Å². The van der Waals surface area contributed by atoms with Crippen molar-refractivity contribution in [1.29, 1.82) is 0 Å². The molecule has 2 N–H and O–H groups in total. The first-order valence-electron chi connectivity index (χ1n) is 10.4. The van der Waals surface area contributed by atoms with E-state index in [-0.39, 0.29) is 0 Å². The Hall–Kier alpha value is -4.04. The minimum Gasteiger partial charge on any atom is -0.497 e. The minimum absolute atomic E-state index is 0.385. The number of fused-ring (bicyclic) bond motifs is 1. The summed E-state index contributed by atoms with van der Waals surface area (Å²) in [7, 11) is 4.65. The monoisotopic (exact) mass is 478 g/mol. The minimum atomic E-state index is -1.18. The van der Waals surface area contributed by atoms with Crippen LogP contribution < -0.4 is 25.0 Å². The lowest BCUT2D eigenvalue weighted by molar-refractivity contribution is -0.119. The number of likely N-dealkylation sites (N-methyl/N-ethyl adjacent to an activating group) is 1. The highest BCUT2D eigenvalue weighted by molar-refractivity contribution is 6.32. The van der Waals surface area contributed by atoms with E-state index >= 15 is 0 Å². The van der Waals surface area contributed by atoms with E-state index in [1.54, 1.807) is 43.4 Å². The zero-order valence-electron chi connectivity index (χ0n) is 18.8. The number of halogens is 1. The van der Waals surface area contributed by atoms with Crippen LogP contribution in [-0.2, 0) is 4.79 Å². The molecule has 0 radical (unpaired) electrons. The summed E-state index contributed by atoms with van der Waals surface area (Å²) < 4.78 is 10.5. The van der Waals surface area contributed by atoms with Gasteiger partial charge < -0.3 is 25.0 Å². The van der Waals surface area contributed by atoms with Crippen LogP contribution in [0.1, 0.15) is 11.1 Å². The molecular formula is C25H23ClN4O4. The number of hydrogen-bond donors (Lipinski definition) is 2. The van der Waals surface area contributed by atoms with Crippen molar-refractivity contribution in [2.75, 3.05) is 31.5 Å². The van der Waals surface area contributed by atoms with Gasteiger partial charge in [-0.15, -0.1) is 0 Å². The molecule has 4 rings (SSSR count). The Balaban J connectivity index is 1.70. The molecule has 0 saturated heterocycles. The van der Waals surface area contributed by atoms with Gasteiger partial charge in [0.15, 0.2) is 0 Å². The van der Waals surface area contributed by atoms with Gasteiger partial charge in [0.1, 0.15) is 11.5 Å². The molecule has 3 aromatic carbocycles. The molecule has 0 saturated carbocycles. The molecule has 3 aromatic rings. The Morgan fingerprint density at radius 1 is 1.03 bits per heavy atom. The van der Waals surface area contributed by atoms with E-state index in [1.165, 1.54) is 19.1 Å². The first kappa shape index (κ1) is 23.1. The molecule has 0 bridgehead atoms. The number of urea groups is 1. The Morgan fingerprint density at radius 2 is 1.79 bits per heavy atom. The topological polar surface area (TPSA) is 92.3 Å². The van der Waals surface area contributed by atoms with E-state index < -0.39 is 18.1 Å². The molecule has 34 heavy (non-hydrogen) atoms. The van der Waals surface area contributed by atoms with E-state index in [2.05, 4.69) is 15.6 Å². The predicted octanol–water partition coefficient (Wildman–Crippen LogP) is 4.32. The quantitative estimate of drug-likeness (QED) is 0.571. The fourth-order valence-corrected chi connectivity index (χ4v) is 3.83. The Morgan fingerprint density at radius 3 is 2.50 bits per heavy atom. The van der Waals surface area contributed by atoms with Gasteiger partial charge in [0.2, 0.25) is 6.17 Å². The number of ether oxygens (including phenoxy) is 2. The number of nitrogens with one attached hydrogen (secondary N) is 2. The van der Waals surface area contributed by atoms with Gasteiger partial charge in [0.05, 0.1) is 31.3 Å². The van der Waals surface area contributed by atoms with Crippen molar-refractivity contribution >= 4 is 40.6 Å². The molecule has 1 aliphatic rings. The zero-order valence-corrected chi connectivity index (χ0v) is 19.6. The molecule has 0 fully saturated rings. The number of carbonyl (C=O) groups excluding carboxylic acids is 2. The standard InChI is InChI=1S/C25H23ClN4O4/c1-30-20-11-9-16(26)13-18(20)22(15-7-5-4-6-8-15)28-23(24(30)31)29-25(32)27-19-14-17(33-2)10-12-21(19)34-3/h4-14,23H,1-3H3,(H2,27,29,32). The normalized spacial score (nSPS) is 15.1. The van der Waals surface area contributed by atoms with E-state index in [1.807, 2.05) is 30.3 Å². The number of rotatable bonds is 5. The van der Waals surface area contributed by atoms with Crippen molar-refractivity contribution in [2.45, 2.75) is 6.17 Å². The first-order chi connectivity index (χ1) is 16.4. The average Bonchev–Trinajstić information content (AvgIpc) is 2.94. The summed E-state index contributed by atoms with van der Waals surface area (Å²) in [6.45, 7) is 0. The highest BCUT2D eigenvalue weighted by Gasteiger charge is 2.31. The van der Waals surface area contributed by atoms with Crippen LogP contribution in [0.15, 0.2) is 71.7 Å². The fraction of sp³-hybridized carbons (Fsp3) is 0.160. The van der Waals surface area contributed by atoms with Crippen LogP contribution in [0.4, 0.5) is 16.2 Å². The number of nitrogens with zero attached hydrogens (tertiary/aromatic N) is 2. The number of amides is 3. The van der Waals surface area contributed by atoms with E-state index in [9.17, 15) is 9.59 Å². The molecule has 8 nitrogen and oxygen atoms in total. The summed E-state index contributed by atoms with van der Waals surface area (Å²) in [5.74, 6) is 0.580. The van der Waals surface area contributed by atoms with Gasteiger partial charge in [-0.1, -0.05) is 41.9 Å². The van der Waals surface area contributed by atoms with Crippen LogP contribution in [0.3, 0.4) is 0 Å². The SMILES string of the molecule is COc1ccc(OC)c(NC(=O)NC2N=C(c3ccccc3)c3cc(Cl)ccc3N(C)C2=O)c1. The Labute approximate surface area is 202 Å².